The lowest BCUT2D eigenvalue weighted by Crippen LogP contribution is -2.44. The molecule has 2 fully saturated rings. The molecule has 1 aliphatic carbocycles. The molecular formula is C14H28N2O2S. The monoisotopic (exact) mass is 288 g/mol. The van der Waals surface area contributed by atoms with Gasteiger partial charge in [-0.1, -0.05) is 13.3 Å². The van der Waals surface area contributed by atoms with Crippen LogP contribution < -0.4 is 5.32 Å². The summed E-state index contributed by atoms with van der Waals surface area (Å²) in [5, 5.41) is 3.59. The number of hydrogen-bond donors (Lipinski definition) is 1. The van der Waals surface area contributed by atoms with Crippen LogP contribution >= 0.6 is 0 Å². The van der Waals surface area contributed by atoms with Crippen molar-refractivity contribution in [3.05, 3.63) is 0 Å². The normalized spacial score (nSPS) is 24.8. The smallest absolute Gasteiger partial charge is 0.150 e. The van der Waals surface area contributed by atoms with Gasteiger partial charge in [0.2, 0.25) is 0 Å². The third-order valence-corrected chi connectivity index (χ3v) is 6.06. The van der Waals surface area contributed by atoms with E-state index in [0.717, 1.165) is 32.1 Å². The summed E-state index contributed by atoms with van der Waals surface area (Å²) in [7, 11) is -2.80. The van der Waals surface area contributed by atoms with Gasteiger partial charge in [-0.15, -0.1) is 0 Å². The minimum Gasteiger partial charge on any atom is -0.313 e. The molecule has 1 atom stereocenters. The molecule has 0 radical (unpaired) electrons. The highest BCUT2D eigenvalue weighted by Gasteiger charge is 2.30. The molecule has 0 spiro atoms. The Bertz CT molecular complexity index is 360. The van der Waals surface area contributed by atoms with E-state index in [0.29, 0.717) is 11.8 Å². The molecule has 1 N–H and O–H groups in total. The van der Waals surface area contributed by atoms with Crippen molar-refractivity contribution < 1.29 is 8.42 Å². The van der Waals surface area contributed by atoms with Crippen LogP contribution in [0.3, 0.4) is 0 Å². The van der Waals surface area contributed by atoms with E-state index >= 15 is 0 Å². The molecule has 0 amide bonds. The van der Waals surface area contributed by atoms with Crippen LogP contribution in [0.25, 0.3) is 0 Å². The first-order chi connectivity index (χ1) is 9.11. The van der Waals surface area contributed by atoms with Gasteiger partial charge in [0.05, 0.1) is 5.75 Å². The molecule has 1 heterocycles. The number of piperidine rings is 1. The van der Waals surface area contributed by atoms with Gasteiger partial charge in [0.15, 0.2) is 0 Å². The highest BCUT2D eigenvalue weighted by molar-refractivity contribution is 7.91. The van der Waals surface area contributed by atoms with E-state index in [1.165, 1.54) is 32.1 Å². The first-order valence-electron chi connectivity index (χ1n) is 7.78. The molecule has 5 heteroatoms. The largest absolute Gasteiger partial charge is 0.313 e. The van der Waals surface area contributed by atoms with Crippen LogP contribution in [0.1, 0.15) is 45.4 Å². The summed E-state index contributed by atoms with van der Waals surface area (Å²) in [6.45, 7) is 4.94. The molecule has 1 saturated carbocycles. The Morgan fingerprint density at radius 2 is 2.00 bits per heavy atom. The van der Waals surface area contributed by atoms with Gasteiger partial charge < -0.3 is 5.32 Å². The van der Waals surface area contributed by atoms with Crippen LogP contribution in [0.4, 0.5) is 0 Å². The van der Waals surface area contributed by atoms with E-state index in [1.54, 1.807) is 6.92 Å². The second kappa shape index (κ2) is 7.04. The molecule has 1 aliphatic heterocycles. The lowest BCUT2D eigenvalue weighted by atomic mass is 10.0. The average Bonchev–Trinajstić information content (AvgIpc) is 3.23. The van der Waals surface area contributed by atoms with Gasteiger partial charge in [-0.05, 0) is 45.2 Å². The fourth-order valence-electron chi connectivity index (χ4n) is 2.86. The SMILES string of the molecule is CCS(=O)(=O)CCCN(CC1CCCCN1)C1CC1. The summed E-state index contributed by atoms with van der Waals surface area (Å²) in [5.74, 6) is 0.630. The molecule has 2 aliphatic rings. The van der Waals surface area contributed by atoms with Gasteiger partial charge in [-0.3, -0.25) is 4.90 Å². The molecule has 112 valence electrons. The number of nitrogens with one attached hydrogen (secondary N) is 1. The third-order valence-electron chi connectivity index (χ3n) is 4.27. The fraction of sp³-hybridized carbons (Fsp3) is 1.00. The van der Waals surface area contributed by atoms with Gasteiger partial charge in [0.1, 0.15) is 9.84 Å². The Kier molecular flexibility index (Phi) is 5.66. The van der Waals surface area contributed by atoms with Crippen LogP contribution in [-0.4, -0.2) is 56.5 Å². The second-order valence-corrected chi connectivity index (χ2v) is 8.44. The van der Waals surface area contributed by atoms with E-state index in [1.807, 2.05) is 0 Å². The number of rotatable bonds is 8. The Labute approximate surface area is 117 Å². The average molecular weight is 288 g/mol. The highest BCUT2D eigenvalue weighted by atomic mass is 32.2. The van der Waals surface area contributed by atoms with Gasteiger partial charge in [0, 0.05) is 24.4 Å². The minimum absolute atomic E-state index is 0.278. The maximum atomic E-state index is 11.5. The predicted molar refractivity (Wildman–Crippen MR) is 79.2 cm³/mol. The molecule has 1 saturated heterocycles. The molecule has 4 nitrogen and oxygen atoms in total. The molecule has 0 aromatic rings. The van der Waals surface area contributed by atoms with Crippen LogP contribution in [0.2, 0.25) is 0 Å². The molecule has 19 heavy (non-hydrogen) atoms. The molecule has 1 unspecified atom stereocenters. The molecule has 2 rings (SSSR count). The summed E-state index contributed by atoms with van der Waals surface area (Å²) in [5.41, 5.74) is 0. The van der Waals surface area contributed by atoms with Crippen molar-refractivity contribution in [2.75, 3.05) is 31.1 Å². The summed E-state index contributed by atoms with van der Waals surface area (Å²) in [6, 6.07) is 1.35. The summed E-state index contributed by atoms with van der Waals surface area (Å²) >= 11 is 0. The van der Waals surface area contributed by atoms with Crippen molar-refractivity contribution in [1.29, 1.82) is 0 Å². The first kappa shape index (κ1) is 15.3. The molecular weight excluding hydrogens is 260 g/mol. The van der Waals surface area contributed by atoms with E-state index in [-0.39, 0.29) is 5.75 Å². The Morgan fingerprint density at radius 1 is 1.21 bits per heavy atom. The highest BCUT2D eigenvalue weighted by Crippen LogP contribution is 2.27. The van der Waals surface area contributed by atoms with Gasteiger partial charge >= 0.3 is 0 Å². The Balaban J connectivity index is 1.73. The maximum Gasteiger partial charge on any atom is 0.150 e. The minimum atomic E-state index is -2.80. The molecule has 0 aromatic heterocycles. The Hall–Kier alpha value is -0.130. The van der Waals surface area contributed by atoms with Gasteiger partial charge in [-0.2, -0.15) is 0 Å². The quantitative estimate of drug-likeness (QED) is 0.734. The summed E-state index contributed by atoms with van der Waals surface area (Å²) in [6.07, 6.45) is 7.30. The third kappa shape index (κ3) is 5.40. The van der Waals surface area contributed by atoms with Crippen molar-refractivity contribution in [3.8, 4) is 0 Å². The van der Waals surface area contributed by atoms with Crippen LogP contribution in [0.15, 0.2) is 0 Å². The second-order valence-electron chi connectivity index (χ2n) is 5.96. The van der Waals surface area contributed by atoms with E-state index < -0.39 is 9.84 Å². The van der Waals surface area contributed by atoms with Crippen LogP contribution in [0.5, 0.6) is 0 Å². The van der Waals surface area contributed by atoms with E-state index in [4.69, 9.17) is 0 Å². The zero-order valence-electron chi connectivity index (χ0n) is 12.1. The summed E-state index contributed by atoms with van der Waals surface area (Å²) in [4.78, 5) is 2.52. The van der Waals surface area contributed by atoms with E-state index in [9.17, 15) is 8.42 Å². The summed E-state index contributed by atoms with van der Waals surface area (Å²) < 4.78 is 23.1. The van der Waals surface area contributed by atoms with Gasteiger partial charge in [0.25, 0.3) is 0 Å². The van der Waals surface area contributed by atoms with Crippen LogP contribution in [-0.2, 0) is 9.84 Å². The zero-order chi connectivity index (χ0) is 13.7. The van der Waals surface area contributed by atoms with Crippen molar-refractivity contribution in [2.45, 2.75) is 57.5 Å². The predicted octanol–water partition coefficient (Wildman–Crippen LogP) is 1.42. The van der Waals surface area contributed by atoms with Crippen molar-refractivity contribution >= 4 is 9.84 Å². The van der Waals surface area contributed by atoms with Gasteiger partial charge in [-0.25, -0.2) is 8.42 Å². The van der Waals surface area contributed by atoms with Crippen molar-refractivity contribution in [3.63, 3.8) is 0 Å². The lowest BCUT2D eigenvalue weighted by molar-refractivity contribution is 0.216. The fourth-order valence-corrected chi connectivity index (χ4v) is 3.72. The first-order valence-corrected chi connectivity index (χ1v) is 9.61. The standard InChI is InChI=1S/C14H28N2O2S/c1-2-19(17,18)11-5-10-16(14-7-8-14)12-13-6-3-4-9-15-13/h13-15H,2-12H2,1H3. The molecule has 0 bridgehead atoms. The number of nitrogens with zero attached hydrogens (tertiary/aromatic N) is 1. The Morgan fingerprint density at radius 3 is 2.58 bits per heavy atom. The number of hydrogen-bond acceptors (Lipinski definition) is 4. The maximum absolute atomic E-state index is 11.5. The van der Waals surface area contributed by atoms with Crippen molar-refractivity contribution in [1.82, 2.24) is 10.2 Å². The zero-order valence-corrected chi connectivity index (χ0v) is 12.9. The van der Waals surface area contributed by atoms with E-state index in [2.05, 4.69) is 10.2 Å². The topological polar surface area (TPSA) is 49.4 Å². The number of sulfone groups is 1. The van der Waals surface area contributed by atoms with Crippen molar-refractivity contribution in [2.24, 2.45) is 0 Å². The molecule has 0 aromatic carbocycles. The van der Waals surface area contributed by atoms with Crippen LogP contribution in [0, 0.1) is 0 Å². The lowest BCUT2D eigenvalue weighted by Gasteiger charge is -2.30.